The van der Waals surface area contributed by atoms with Crippen LogP contribution in [0.2, 0.25) is 0 Å². The minimum atomic E-state index is 0.0281. The third kappa shape index (κ3) is 10.8. The summed E-state index contributed by atoms with van der Waals surface area (Å²) in [5.74, 6) is 0.442. The average Bonchev–Trinajstić information content (AvgIpc) is 4.24. The van der Waals surface area contributed by atoms with Gasteiger partial charge in [0.05, 0.1) is 0 Å². The molecule has 0 fully saturated rings. The first-order valence-corrected chi connectivity index (χ1v) is 31.3. The van der Waals surface area contributed by atoms with Crippen LogP contribution in [0.25, 0.3) is 66.8 Å². The Labute approximate surface area is 504 Å². The summed E-state index contributed by atoms with van der Waals surface area (Å²) in [6.45, 7) is 4.75. The number of halogens is 6. The molecule has 0 aromatic heterocycles. The number of hydrogen-bond donors (Lipinski definition) is 0. The second kappa shape index (κ2) is 22.3. The van der Waals surface area contributed by atoms with E-state index in [0.29, 0.717) is 5.92 Å². The molecule has 0 amide bonds. The molecule has 380 valence electrons. The molecule has 0 saturated carbocycles. The molecule has 10 aromatic carbocycles. The van der Waals surface area contributed by atoms with Gasteiger partial charge in [0.1, 0.15) is 0 Å². The summed E-state index contributed by atoms with van der Waals surface area (Å²) in [6.07, 6.45) is 8.36. The molecule has 0 heterocycles. The third-order valence-corrected chi connectivity index (χ3v) is 19.5. The molecule has 14 rings (SSSR count). The molecular weight excluding hydrogens is 1330 g/mol. The van der Waals surface area contributed by atoms with Crippen LogP contribution in [-0.4, -0.2) is 0 Å². The van der Waals surface area contributed by atoms with Crippen LogP contribution < -0.4 is 0 Å². The number of aryl methyl sites for hydroxylation is 3. The fourth-order valence-corrected chi connectivity index (χ4v) is 14.1. The van der Waals surface area contributed by atoms with Gasteiger partial charge in [-0.05, 0) is 240 Å². The topological polar surface area (TPSA) is 0 Å². The van der Waals surface area contributed by atoms with E-state index in [0.717, 1.165) is 35.2 Å². The van der Waals surface area contributed by atoms with Crippen LogP contribution in [0.3, 0.4) is 0 Å². The molecule has 2 atom stereocenters. The lowest BCUT2D eigenvalue weighted by molar-refractivity contribution is 0.495. The van der Waals surface area contributed by atoms with Gasteiger partial charge >= 0.3 is 0 Å². The molecular formula is C71H54Br6. The second-order valence-electron chi connectivity index (χ2n) is 21.2. The second-order valence-corrected chi connectivity index (χ2v) is 26.7. The highest BCUT2D eigenvalue weighted by atomic mass is 79.9. The van der Waals surface area contributed by atoms with Crippen molar-refractivity contribution in [3.05, 3.63) is 277 Å². The Morgan fingerprint density at radius 3 is 1.36 bits per heavy atom. The largest absolute Gasteiger partial charge is 0.0588 e. The molecule has 0 bridgehead atoms. The summed E-state index contributed by atoms with van der Waals surface area (Å²) in [4.78, 5) is 0. The minimum Gasteiger partial charge on any atom is -0.0588 e. The highest BCUT2D eigenvalue weighted by Crippen LogP contribution is 2.53. The average molecular weight is 1390 g/mol. The summed E-state index contributed by atoms with van der Waals surface area (Å²) >= 11 is 21.5. The molecule has 0 saturated heterocycles. The van der Waals surface area contributed by atoms with E-state index in [2.05, 4.69) is 310 Å². The Morgan fingerprint density at radius 2 is 0.779 bits per heavy atom. The summed E-state index contributed by atoms with van der Waals surface area (Å²) in [6, 6.07) is 73.5. The van der Waals surface area contributed by atoms with E-state index in [1.807, 2.05) is 0 Å². The first-order valence-electron chi connectivity index (χ1n) is 26.5. The van der Waals surface area contributed by atoms with E-state index in [1.165, 1.54) is 142 Å². The van der Waals surface area contributed by atoms with Crippen molar-refractivity contribution < 1.29 is 0 Å². The molecule has 10 aromatic rings. The zero-order valence-corrected chi connectivity index (χ0v) is 52.4. The van der Waals surface area contributed by atoms with Crippen LogP contribution in [0.5, 0.6) is 0 Å². The maximum atomic E-state index is 3.75. The van der Waals surface area contributed by atoms with E-state index >= 15 is 0 Å². The van der Waals surface area contributed by atoms with E-state index in [1.54, 1.807) is 11.1 Å². The van der Waals surface area contributed by atoms with Gasteiger partial charge in [-0.25, -0.2) is 0 Å². The Morgan fingerprint density at radius 1 is 0.351 bits per heavy atom. The van der Waals surface area contributed by atoms with Gasteiger partial charge in [-0.15, -0.1) is 0 Å². The fraction of sp³-hybridized carbons (Fsp3) is 0.155. The van der Waals surface area contributed by atoms with Crippen molar-refractivity contribution >= 4 is 95.6 Å². The van der Waals surface area contributed by atoms with Crippen molar-refractivity contribution in [3.63, 3.8) is 0 Å². The van der Waals surface area contributed by atoms with E-state index in [9.17, 15) is 0 Å². The summed E-state index contributed by atoms with van der Waals surface area (Å²) < 4.78 is 6.82. The third-order valence-electron chi connectivity index (χ3n) is 16.5. The summed E-state index contributed by atoms with van der Waals surface area (Å²) in [5, 5.41) is 0. The molecule has 4 aliphatic rings. The lowest BCUT2D eigenvalue weighted by Gasteiger charge is -2.28. The van der Waals surface area contributed by atoms with Gasteiger partial charge in [-0.2, -0.15) is 0 Å². The molecule has 77 heavy (non-hydrogen) atoms. The quantitative estimate of drug-likeness (QED) is 0.133. The van der Waals surface area contributed by atoms with Crippen molar-refractivity contribution in [3.8, 4) is 66.8 Å². The number of rotatable bonds is 8. The SMILES string of the molecule is Brc1ccc(-c2ccc3c(c2)Cc2cc(Br)ccc2-3)cc1.CC1(CCCCc2ccc3c(c2)CC3)c2cc(Br)ccc2-c2ccc(-c3ccc(Br)cc3)cc21.CC1c2cc(Br)ccc2-c2ccc(-c3ccc(Br)cc3)cc21. The first kappa shape index (κ1) is 52.8. The highest BCUT2D eigenvalue weighted by Gasteiger charge is 2.39. The molecule has 0 radical (unpaired) electrons. The van der Waals surface area contributed by atoms with Crippen molar-refractivity contribution in [2.75, 3.05) is 0 Å². The maximum Gasteiger partial charge on any atom is 0.0187 e. The minimum absolute atomic E-state index is 0.0281. The van der Waals surface area contributed by atoms with Crippen molar-refractivity contribution in [2.24, 2.45) is 0 Å². The van der Waals surface area contributed by atoms with Crippen LogP contribution in [0.4, 0.5) is 0 Å². The number of fused-ring (bicyclic) bond motifs is 10. The predicted molar refractivity (Wildman–Crippen MR) is 346 cm³/mol. The summed E-state index contributed by atoms with van der Waals surface area (Å²) in [5.41, 5.74) is 29.2. The van der Waals surface area contributed by atoms with E-state index in [4.69, 9.17) is 0 Å². The van der Waals surface area contributed by atoms with Gasteiger partial charge in [-0.3, -0.25) is 0 Å². The Kier molecular flexibility index (Phi) is 15.3. The van der Waals surface area contributed by atoms with Crippen molar-refractivity contribution in [2.45, 2.75) is 70.1 Å². The van der Waals surface area contributed by atoms with Crippen LogP contribution in [-0.2, 0) is 31.1 Å². The Balaban J connectivity index is 0.000000121. The monoisotopic (exact) mass is 1380 g/mol. The molecule has 0 spiro atoms. The molecule has 6 heteroatoms. The van der Waals surface area contributed by atoms with Gasteiger partial charge < -0.3 is 0 Å². The van der Waals surface area contributed by atoms with Gasteiger partial charge in [0.2, 0.25) is 0 Å². The highest BCUT2D eigenvalue weighted by molar-refractivity contribution is 9.11. The normalized spacial score (nSPS) is 15.5. The fourth-order valence-electron chi connectivity index (χ4n) is 12.2. The van der Waals surface area contributed by atoms with Gasteiger partial charge in [0.25, 0.3) is 0 Å². The van der Waals surface area contributed by atoms with Crippen LogP contribution in [0.15, 0.2) is 227 Å². The van der Waals surface area contributed by atoms with Gasteiger partial charge in [0, 0.05) is 38.2 Å². The van der Waals surface area contributed by atoms with Crippen LogP contribution in [0.1, 0.15) is 89.1 Å². The van der Waals surface area contributed by atoms with Gasteiger partial charge in [0.15, 0.2) is 0 Å². The molecule has 4 aliphatic carbocycles. The Bertz CT molecular complexity index is 3870. The Hall–Kier alpha value is -4.92. The zero-order chi connectivity index (χ0) is 53.0. The van der Waals surface area contributed by atoms with Crippen LogP contribution in [0, 0.1) is 0 Å². The van der Waals surface area contributed by atoms with Crippen LogP contribution >= 0.6 is 95.6 Å². The summed E-state index contributed by atoms with van der Waals surface area (Å²) in [7, 11) is 0. The zero-order valence-electron chi connectivity index (χ0n) is 42.8. The smallest absolute Gasteiger partial charge is 0.0187 e. The lowest BCUT2D eigenvalue weighted by atomic mass is 9.75. The van der Waals surface area contributed by atoms with Gasteiger partial charge in [-0.1, -0.05) is 231 Å². The maximum absolute atomic E-state index is 3.75. The first-order chi connectivity index (χ1) is 37.3. The predicted octanol–water partition coefficient (Wildman–Crippen LogP) is 23.1. The molecule has 2 unspecified atom stereocenters. The number of benzene rings is 10. The van der Waals surface area contributed by atoms with E-state index < -0.39 is 0 Å². The molecule has 0 nitrogen and oxygen atoms in total. The molecule has 0 aliphatic heterocycles. The number of hydrogen-bond acceptors (Lipinski definition) is 0. The van der Waals surface area contributed by atoms with Crippen molar-refractivity contribution in [1.82, 2.24) is 0 Å². The lowest BCUT2D eigenvalue weighted by Crippen LogP contribution is -2.21. The number of unbranched alkanes of at least 4 members (excludes halogenated alkanes) is 1. The van der Waals surface area contributed by atoms with E-state index in [-0.39, 0.29) is 5.41 Å². The standard InChI is InChI=1S/C32H28Br2.C20H14Br2.C19H12Br2/c1-32(17-3-2-4-21-5-6-22-7-8-24(22)18-21)30-19-25(23-9-12-26(33)13-10-23)11-15-28(30)29-16-14-27(34)20-31(29)32;1-12-19-10-14(13-2-5-15(21)6-3-13)4-8-17(19)18-9-7-16(22)11-20(12)18;20-16-4-1-12(2-5-16)13-3-7-18-14(9-13)10-15-11-17(21)6-8-19(15)18/h5-6,9-16,18-20H,2-4,7-8,17H2,1H3;2-12H,1H3;1-9,11H,10H2. The van der Waals surface area contributed by atoms with Crippen molar-refractivity contribution in [1.29, 1.82) is 0 Å². The molecule has 0 N–H and O–H groups in total.